The average molecular weight is 329 g/mol. The van der Waals surface area contributed by atoms with Crippen molar-refractivity contribution in [3.63, 3.8) is 0 Å². The molecule has 1 unspecified atom stereocenters. The second-order valence-corrected chi connectivity index (χ2v) is 8.69. The lowest BCUT2D eigenvalue weighted by atomic mass is 10.1. The van der Waals surface area contributed by atoms with E-state index in [4.69, 9.17) is 0 Å². The van der Waals surface area contributed by atoms with Gasteiger partial charge in [0.15, 0.2) is 0 Å². The zero-order valence-corrected chi connectivity index (χ0v) is 14.2. The van der Waals surface area contributed by atoms with Crippen molar-refractivity contribution in [2.75, 3.05) is 12.3 Å². The van der Waals surface area contributed by atoms with Gasteiger partial charge in [-0.2, -0.15) is 11.8 Å². The van der Waals surface area contributed by atoms with Gasteiger partial charge in [0, 0.05) is 11.8 Å². The number of thioether (sulfide) groups is 1. The standard InChI is InChI=1S/C15H23NO3S2/c1-11-7-12(2)15(8-13(11)10-17)21(18,19)16-9-14-5-3-4-6-20-14/h7-8,14,16-17H,3-6,9-10H2,1-2H3. The smallest absolute Gasteiger partial charge is 0.240 e. The zero-order valence-electron chi connectivity index (χ0n) is 12.6. The minimum absolute atomic E-state index is 0.146. The van der Waals surface area contributed by atoms with Crippen molar-refractivity contribution in [2.24, 2.45) is 0 Å². The van der Waals surface area contributed by atoms with Crippen molar-refractivity contribution in [3.8, 4) is 0 Å². The molecule has 1 aliphatic rings. The molecular formula is C15H23NO3S2. The van der Waals surface area contributed by atoms with Gasteiger partial charge >= 0.3 is 0 Å². The third-order valence-electron chi connectivity index (χ3n) is 3.87. The zero-order chi connectivity index (χ0) is 15.5. The summed E-state index contributed by atoms with van der Waals surface area (Å²) in [6.45, 7) is 4.00. The van der Waals surface area contributed by atoms with Crippen LogP contribution in [0.15, 0.2) is 17.0 Å². The van der Waals surface area contributed by atoms with E-state index in [9.17, 15) is 13.5 Å². The van der Waals surface area contributed by atoms with Gasteiger partial charge in [-0.3, -0.25) is 0 Å². The molecule has 4 nitrogen and oxygen atoms in total. The summed E-state index contributed by atoms with van der Waals surface area (Å²) >= 11 is 1.85. The van der Waals surface area contributed by atoms with E-state index in [-0.39, 0.29) is 11.5 Å². The number of aliphatic hydroxyl groups is 1. The third kappa shape index (κ3) is 4.22. The Morgan fingerprint density at radius 3 is 2.67 bits per heavy atom. The molecule has 1 heterocycles. The molecule has 0 spiro atoms. The van der Waals surface area contributed by atoms with E-state index in [0.717, 1.165) is 17.7 Å². The number of aryl methyl sites for hydroxylation is 2. The first-order valence-electron chi connectivity index (χ1n) is 7.26. The molecule has 1 atom stereocenters. The highest BCUT2D eigenvalue weighted by Gasteiger charge is 2.21. The Hall–Kier alpha value is -0.560. The molecular weight excluding hydrogens is 306 g/mol. The maximum atomic E-state index is 12.5. The minimum atomic E-state index is -3.51. The van der Waals surface area contributed by atoms with Gasteiger partial charge in [-0.25, -0.2) is 13.1 Å². The number of benzene rings is 1. The molecule has 0 aliphatic carbocycles. The van der Waals surface area contributed by atoms with Gasteiger partial charge in [0.05, 0.1) is 11.5 Å². The molecule has 0 aromatic heterocycles. The second kappa shape index (κ2) is 7.13. The van der Waals surface area contributed by atoms with Crippen molar-refractivity contribution in [1.82, 2.24) is 4.72 Å². The van der Waals surface area contributed by atoms with E-state index < -0.39 is 10.0 Å². The summed E-state index contributed by atoms with van der Waals surface area (Å²) in [6, 6.07) is 3.40. The largest absolute Gasteiger partial charge is 0.392 e. The van der Waals surface area contributed by atoms with E-state index >= 15 is 0 Å². The highest BCUT2D eigenvalue weighted by atomic mass is 32.2. The topological polar surface area (TPSA) is 66.4 Å². The molecule has 1 aromatic carbocycles. The Balaban J connectivity index is 2.15. The second-order valence-electron chi connectivity index (χ2n) is 5.54. The van der Waals surface area contributed by atoms with Gasteiger partial charge in [0.25, 0.3) is 0 Å². The summed E-state index contributed by atoms with van der Waals surface area (Å²) in [6.07, 6.45) is 3.48. The van der Waals surface area contributed by atoms with Gasteiger partial charge in [-0.15, -0.1) is 0 Å². The van der Waals surface area contributed by atoms with E-state index in [1.54, 1.807) is 13.0 Å². The number of nitrogens with one attached hydrogen (secondary N) is 1. The summed E-state index contributed by atoms with van der Waals surface area (Å²) in [5.74, 6) is 1.12. The summed E-state index contributed by atoms with van der Waals surface area (Å²) in [5, 5.41) is 9.69. The van der Waals surface area contributed by atoms with Crippen LogP contribution in [0, 0.1) is 13.8 Å². The van der Waals surface area contributed by atoms with Crippen LogP contribution in [0.4, 0.5) is 0 Å². The van der Waals surface area contributed by atoms with E-state index in [1.165, 1.54) is 12.8 Å². The molecule has 2 N–H and O–H groups in total. The third-order valence-corrected chi connectivity index (χ3v) is 6.83. The van der Waals surface area contributed by atoms with Crippen molar-refractivity contribution < 1.29 is 13.5 Å². The van der Waals surface area contributed by atoms with Crippen LogP contribution in [0.2, 0.25) is 0 Å². The molecule has 1 saturated heterocycles. The quantitative estimate of drug-likeness (QED) is 0.870. The van der Waals surface area contributed by atoms with Gasteiger partial charge in [-0.05, 0) is 55.2 Å². The summed E-state index contributed by atoms with van der Waals surface area (Å²) < 4.78 is 27.7. The number of aliphatic hydroxyl groups excluding tert-OH is 1. The number of hydrogen-bond donors (Lipinski definition) is 2. The van der Waals surface area contributed by atoms with Crippen molar-refractivity contribution in [3.05, 3.63) is 28.8 Å². The maximum absolute atomic E-state index is 12.5. The highest BCUT2D eigenvalue weighted by molar-refractivity contribution is 8.00. The predicted molar refractivity (Wildman–Crippen MR) is 87.1 cm³/mol. The molecule has 2 rings (SSSR count). The Kier molecular flexibility index (Phi) is 5.71. The molecule has 21 heavy (non-hydrogen) atoms. The van der Waals surface area contributed by atoms with Gasteiger partial charge in [0.1, 0.15) is 0 Å². The molecule has 6 heteroatoms. The van der Waals surface area contributed by atoms with Crippen LogP contribution in [0.5, 0.6) is 0 Å². The van der Waals surface area contributed by atoms with Crippen LogP contribution in [0.3, 0.4) is 0 Å². The monoisotopic (exact) mass is 329 g/mol. The number of rotatable bonds is 5. The van der Waals surface area contributed by atoms with Crippen molar-refractivity contribution >= 4 is 21.8 Å². The SMILES string of the molecule is Cc1cc(C)c(S(=O)(=O)NCC2CCCCS2)cc1CO. The van der Waals surface area contributed by atoms with E-state index in [0.29, 0.717) is 22.9 Å². The first-order valence-corrected chi connectivity index (χ1v) is 9.79. The van der Waals surface area contributed by atoms with Crippen LogP contribution in [-0.2, 0) is 16.6 Å². The fraction of sp³-hybridized carbons (Fsp3) is 0.600. The first kappa shape index (κ1) is 16.8. The van der Waals surface area contributed by atoms with E-state index in [2.05, 4.69) is 4.72 Å². The lowest BCUT2D eigenvalue weighted by Crippen LogP contribution is -2.32. The summed E-state index contributed by atoms with van der Waals surface area (Å²) in [4.78, 5) is 0.276. The van der Waals surface area contributed by atoms with Gasteiger partial charge in [-0.1, -0.05) is 12.5 Å². The predicted octanol–water partition coefficient (Wildman–Crippen LogP) is 2.36. The van der Waals surface area contributed by atoms with Crippen molar-refractivity contribution in [1.29, 1.82) is 0 Å². The van der Waals surface area contributed by atoms with Crippen LogP contribution in [0.25, 0.3) is 0 Å². The van der Waals surface area contributed by atoms with Crippen molar-refractivity contribution in [2.45, 2.75) is 49.9 Å². The molecule has 1 aliphatic heterocycles. The van der Waals surface area contributed by atoms with Crippen LogP contribution < -0.4 is 4.72 Å². The Bertz CT molecular complexity index is 593. The van der Waals surface area contributed by atoms with E-state index in [1.807, 2.05) is 24.8 Å². The fourth-order valence-electron chi connectivity index (χ4n) is 2.58. The molecule has 1 fully saturated rings. The lowest BCUT2D eigenvalue weighted by Gasteiger charge is -2.21. The Labute approximate surface area is 131 Å². The maximum Gasteiger partial charge on any atom is 0.240 e. The minimum Gasteiger partial charge on any atom is -0.392 e. The summed E-state index contributed by atoms with van der Waals surface area (Å²) in [5.41, 5.74) is 2.29. The lowest BCUT2D eigenvalue weighted by molar-refractivity contribution is 0.280. The first-order chi connectivity index (χ1) is 9.94. The number of sulfonamides is 1. The van der Waals surface area contributed by atoms with Gasteiger partial charge in [0.2, 0.25) is 10.0 Å². The molecule has 1 aromatic rings. The fourth-order valence-corrected chi connectivity index (χ4v) is 5.28. The summed E-state index contributed by atoms with van der Waals surface area (Å²) in [7, 11) is -3.51. The number of hydrogen-bond acceptors (Lipinski definition) is 4. The Morgan fingerprint density at radius 2 is 2.05 bits per heavy atom. The molecule has 0 amide bonds. The molecule has 0 bridgehead atoms. The Morgan fingerprint density at radius 1 is 1.29 bits per heavy atom. The van der Waals surface area contributed by atoms with Gasteiger partial charge < -0.3 is 5.11 Å². The highest BCUT2D eigenvalue weighted by Crippen LogP contribution is 2.25. The molecule has 0 saturated carbocycles. The van der Waals surface area contributed by atoms with Crippen LogP contribution in [-0.4, -0.2) is 31.1 Å². The van der Waals surface area contributed by atoms with Crippen LogP contribution >= 0.6 is 11.8 Å². The van der Waals surface area contributed by atoms with Crippen LogP contribution in [0.1, 0.15) is 36.0 Å². The normalized spacial score (nSPS) is 19.7. The average Bonchev–Trinajstić information content (AvgIpc) is 2.46. The molecule has 118 valence electrons. The molecule has 0 radical (unpaired) electrons.